The Morgan fingerprint density at radius 1 is 0.441 bits per heavy atom. The maximum Gasteiger partial charge on any atom is 1.00 e. The summed E-state index contributed by atoms with van der Waals surface area (Å²) >= 11 is 3.22. The van der Waals surface area contributed by atoms with Gasteiger partial charge in [-0.25, -0.2) is 23.5 Å². The molecule has 34 heavy (non-hydrogen) atoms. The van der Waals surface area contributed by atoms with E-state index in [4.69, 9.17) is 0 Å². The normalized spacial score (nSPS) is 9.24. The molecule has 0 nitrogen and oxygen atoms in total. The molecule has 0 amide bonds. The van der Waals surface area contributed by atoms with Crippen molar-refractivity contribution in [3.63, 3.8) is 0 Å². The molecule has 0 heterocycles. The van der Waals surface area contributed by atoms with Crippen molar-refractivity contribution in [3.05, 3.63) is 154 Å². The third-order valence-electron chi connectivity index (χ3n) is 4.66. The van der Waals surface area contributed by atoms with Crippen molar-refractivity contribution in [3.8, 4) is 0 Å². The molecule has 170 valence electrons. The van der Waals surface area contributed by atoms with E-state index in [9.17, 15) is 0 Å². The Labute approximate surface area is 236 Å². The van der Waals surface area contributed by atoms with Crippen molar-refractivity contribution in [1.82, 2.24) is 0 Å². The zero-order valence-electron chi connectivity index (χ0n) is 19.7. The first-order valence-corrected chi connectivity index (χ1v) is 12.8. The molecule has 0 saturated carbocycles. The Morgan fingerprint density at radius 2 is 0.647 bits per heavy atom. The molecule has 4 aromatic carbocycles. The smallest absolute Gasteiger partial charge is 0.210 e. The summed E-state index contributed by atoms with van der Waals surface area (Å²) in [6.07, 6.45) is 4.07. The Morgan fingerprint density at radius 3 is 0.824 bits per heavy atom. The fraction of sp³-hybridized carbons (Fsp3) is 0.0667. The Bertz CT molecular complexity index is 938. The molecule has 4 aromatic rings. The molecule has 0 aliphatic rings. The van der Waals surface area contributed by atoms with Gasteiger partial charge in [0, 0.05) is 0 Å². The van der Waals surface area contributed by atoms with Crippen LogP contribution >= 0.6 is 23.5 Å². The average Bonchev–Trinajstić information content (AvgIpc) is 2.88. The van der Waals surface area contributed by atoms with E-state index >= 15 is 0 Å². The van der Waals surface area contributed by atoms with Gasteiger partial charge in [0.2, 0.25) is 0 Å². The largest absolute Gasteiger partial charge is 1.00 e. The summed E-state index contributed by atoms with van der Waals surface area (Å²) in [5.41, 5.74) is 7.17. The van der Waals surface area contributed by atoms with Crippen LogP contribution in [0.5, 0.6) is 0 Å². The van der Waals surface area contributed by atoms with Gasteiger partial charge in [-0.1, -0.05) is 72.8 Å². The molecule has 0 fully saturated rings. The minimum absolute atomic E-state index is 0. The van der Waals surface area contributed by atoms with E-state index < -0.39 is 0 Å². The first kappa shape index (κ1) is 30.2. The quantitative estimate of drug-likeness (QED) is 0.244. The van der Waals surface area contributed by atoms with Gasteiger partial charge in [-0.3, -0.25) is 0 Å². The molecule has 0 aromatic heterocycles. The summed E-state index contributed by atoms with van der Waals surface area (Å²) in [6, 6.07) is 41.5. The van der Waals surface area contributed by atoms with Crippen LogP contribution in [0.1, 0.15) is 22.3 Å². The molecule has 0 radical (unpaired) electrons. The number of benzene rings is 4. The first-order chi connectivity index (χ1) is 15.8. The Hall–Kier alpha value is -1.82. The maximum atomic E-state index is 3.35. The fourth-order valence-corrected chi connectivity index (χ4v) is 4.07. The Kier molecular flexibility index (Phi) is 15.6. The number of thioether (sulfide) groups is 2. The number of hydrogen-bond acceptors (Lipinski definition) is 2. The van der Waals surface area contributed by atoms with Crippen molar-refractivity contribution in [2.24, 2.45) is 0 Å². The van der Waals surface area contributed by atoms with E-state index in [0.29, 0.717) is 0 Å². The van der Waals surface area contributed by atoms with Crippen LogP contribution in [0.2, 0.25) is 0 Å². The first-order valence-electron chi connectivity index (χ1n) is 10.4. The van der Waals surface area contributed by atoms with Gasteiger partial charge >= 0.3 is 35.9 Å². The van der Waals surface area contributed by atoms with Crippen molar-refractivity contribution in [2.45, 2.75) is 0 Å². The van der Waals surface area contributed by atoms with Crippen molar-refractivity contribution < 1.29 is 35.9 Å². The molecule has 4 heteroatoms. The van der Waals surface area contributed by atoms with Crippen LogP contribution in [0.25, 0.3) is 11.1 Å². The fourth-order valence-electron chi connectivity index (χ4n) is 3.19. The van der Waals surface area contributed by atoms with E-state index in [1.807, 2.05) is 36.8 Å². The zero-order valence-corrected chi connectivity index (χ0v) is 22.2. The van der Waals surface area contributed by atoms with Gasteiger partial charge in [-0.15, -0.1) is 81.6 Å². The van der Waals surface area contributed by atoms with Gasteiger partial charge in [-0.2, -0.15) is 11.1 Å². The maximum absolute atomic E-state index is 3.35. The summed E-state index contributed by atoms with van der Waals surface area (Å²) in [6.45, 7) is 0. The molecule has 0 unspecified atom stereocenters. The predicted molar refractivity (Wildman–Crippen MR) is 144 cm³/mol. The zero-order chi connectivity index (χ0) is 22.4. The molecule has 0 spiro atoms. The number of hydrogen-bond donors (Lipinski definition) is 0. The van der Waals surface area contributed by atoms with Crippen LogP contribution < -0.4 is 18.9 Å². The Balaban J connectivity index is 0.000000321. The molecule has 0 bridgehead atoms. The van der Waals surface area contributed by atoms with Gasteiger partial charge in [0.1, 0.15) is 0 Å². The molecule has 0 atom stereocenters. The molecular formula is C30H26CuLiS2. The van der Waals surface area contributed by atoms with Crippen molar-refractivity contribution >= 4 is 34.7 Å². The standard InChI is InChI=1S/2C15H13S.Cu.Li/c2*1-16-12-15(13-8-4-2-5-9-13)14-10-6-3-7-11-14;;/h2*2-11H,1H3;;/q2*-1;2*+1. The molecular weight excluding hydrogens is 495 g/mol. The van der Waals surface area contributed by atoms with Crippen molar-refractivity contribution in [1.29, 1.82) is 0 Å². The van der Waals surface area contributed by atoms with Gasteiger partial charge in [0.15, 0.2) is 0 Å². The average molecular weight is 521 g/mol. The molecule has 4 rings (SSSR count). The SMILES string of the molecule is CS[C-]=C(c1ccccc1)c1ccccc1.CS[C-]=C(c1ccccc1)c1ccccc1.[Cu+].[Li+]. The summed E-state index contributed by atoms with van der Waals surface area (Å²) in [7, 11) is 0. The predicted octanol–water partition coefficient (Wildman–Crippen LogP) is 5.49. The summed E-state index contributed by atoms with van der Waals surface area (Å²) in [5.74, 6) is 0. The second kappa shape index (κ2) is 17.6. The van der Waals surface area contributed by atoms with Gasteiger partial charge in [-0.05, 0) is 12.5 Å². The van der Waals surface area contributed by atoms with E-state index in [2.05, 4.69) is 108 Å². The summed E-state index contributed by atoms with van der Waals surface area (Å²) in [5, 5.41) is 6.70. The van der Waals surface area contributed by atoms with Crippen molar-refractivity contribution in [2.75, 3.05) is 12.5 Å². The second-order valence-corrected chi connectivity index (χ2v) is 8.05. The second-order valence-electron chi connectivity index (χ2n) is 6.83. The van der Waals surface area contributed by atoms with Crippen LogP contribution in [0.4, 0.5) is 0 Å². The van der Waals surface area contributed by atoms with Crippen LogP contribution in [0, 0.1) is 10.8 Å². The minimum atomic E-state index is 0. The van der Waals surface area contributed by atoms with E-state index in [1.54, 1.807) is 23.5 Å². The van der Waals surface area contributed by atoms with Gasteiger partial charge < -0.3 is 0 Å². The third-order valence-corrected chi connectivity index (χ3v) is 5.47. The van der Waals surface area contributed by atoms with Crippen LogP contribution in [0.3, 0.4) is 0 Å². The summed E-state index contributed by atoms with van der Waals surface area (Å²) < 4.78 is 0. The minimum Gasteiger partial charge on any atom is -0.210 e. The van der Waals surface area contributed by atoms with E-state index in [0.717, 1.165) is 11.1 Å². The molecule has 0 aliphatic heterocycles. The van der Waals surface area contributed by atoms with Crippen LogP contribution in [-0.2, 0) is 17.1 Å². The molecule has 0 saturated heterocycles. The molecule has 0 N–H and O–H groups in total. The monoisotopic (exact) mass is 520 g/mol. The number of rotatable bonds is 6. The summed E-state index contributed by atoms with van der Waals surface area (Å²) in [4.78, 5) is 0. The van der Waals surface area contributed by atoms with E-state index in [1.165, 1.54) is 22.3 Å². The third kappa shape index (κ3) is 9.44. The topological polar surface area (TPSA) is 0 Å². The van der Waals surface area contributed by atoms with E-state index in [-0.39, 0.29) is 35.9 Å². The molecule has 0 aliphatic carbocycles. The van der Waals surface area contributed by atoms with Gasteiger partial charge in [0.25, 0.3) is 0 Å². The van der Waals surface area contributed by atoms with Gasteiger partial charge in [0.05, 0.1) is 0 Å². The van der Waals surface area contributed by atoms with Crippen LogP contribution in [-0.4, -0.2) is 12.5 Å². The van der Waals surface area contributed by atoms with Crippen LogP contribution in [0.15, 0.2) is 121 Å².